The van der Waals surface area contributed by atoms with E-state index < -0.39 is 0 Å². The van der Waals surface area contributed by atoms with Gasteiger partial charge in [-0.2, -0.15) is 4.98 Å². The summed E-state index contributed by atoms with van der Waals surface area (Å²) in [5, 5.41) is 6.75. The van der Waals surface area contributed by atoms with Gasteiger partial charge in [0.1, 0.15) is 5.02 Å². The number of nitrogens with one attached hydrogen (secondary N) is 2. The van der Waals surface area contributed by atoms with Gasteiger partial charge >= 0.3 is 0 Å². The minimum atomic E-state index is 0.335. The lowest BCUT2D eigenvalue weighted by Crippen LogP contribution is -2.24. The third-order valence-corrected chi connectivity index (χ3v) is 3.11. The van der Waals surface area contributed by atoms with Gasteiger partial charge in [-0.05, 0) is 12.8 Å². The van der Waals surface area contributed by atoms with E-state index in [1.807, 2.05) is 0 Å². The summed E-state index contributed by atoms with van der Waals surface area (Å²) in [5.74, 6) is 1.83. The van der Waals surface area contributed by atoms with Crippen LogP contribution in [0.25, 0.3) is 0 Å². The first-order valence-corrected chi connectivity index (χ1v) is 5.93. The van der Waals surface area contributed by atoms with Gasteiger partial charge in [0.15, 0.2) is 5.82 Å². The Labute approximate surface area is 102 Å². The lowest BCUT2D eigenvalue weighted by molar-refractivity contribution is 0.493. The highest BCUT2D eigenvalue weighted by Gasteiger charge is 2.13. The van der Waals surface area contributed by atoms with Crippen molar-refractivity contribution >= 4 is 23.4 Å². The minimum Gasteiger partial charge on any atom is -0.366 e. The molecule has 1 rings (SSSR count). The molecule has 0 aliphatic heterocycles. The summed E-state index contributed by atoms with van der Waals surface area (Å²) in [7, 11) is 1.78. The van der Waals surface area contributed by atoms with Gasteiger partial charge in [0.25, 0.3) is 0 Å². The molecule has 0 aliphatic rings. The van der Waals surface area contributed by atoms with Crippen molar-refractivity contribution in [3.8, 4) is 0 Å². The largest absolute Gasteiger partial charge is 0.366 e. The zero-order valence-corrected chi connectivity index (χ0v) is 11.0. The average molecular weight is 243 g/mol. The fourth-order valence-corrected chi connectivity index (χ4v) is 1.45. The van der Waals surface area contributed by atoms with E-state index in [9.17, 15) is 0 Å². The van der Waals surface area contributed by atoms with Crippen LogP contribution < -0.4 is 10.6 Å². The van der Waals surface area contributed by atoms with E-state index in [0.717, 1.165) is 6.42 Å². The Hall–Kier alpha value is -1.03. The smallest absolute Gasteiger partial charge is 0.224 e. The second kappa shape index (κ2) is 5.89. The molecule has 4 nitrogen and oxygen atoms in total. The zero-order valence-electron chi connectivity index (χ0n) is 10.2. The Bertz CT molecular complexity index is 343. The van der Waals surface area contributed by atoms with Crippen LogP contribution in [0.1, 0.15) is 27.2 Å². The van der Waals surface area contributed by atoms with E-state index >= 15 is 0 Å². The predicted octanol–water partition coefficient (Wildman–Crippen LogP) is 3.02. The van der Waals surface area contributed by atoms with Crippen LogP contribution in [0, 0.1) is 5.92 Å². The summed E-state index contributed by atoms with van der Waals surface area (Å²) in [4.78, 5) is 8.32. The van der Waals surface area contributed by atoms with Gasteiger partial charge in [-0.15, -0.1) is 0 Å². The topological polar surface area (TPSA) is 49.8 Å². The quantitative estimate of drug-likeness (QED) is 0.834. The van der Waals surface area contributed by atoms with Crippen molar-refractivity contribution in [1.82, 2.24) is 9.97 Å². The fraction of sp³-hybridized carbons (Fsp3) is 0.636. The molecule has 0 fully saturated rings. The van der Waals surface area contributed by atoms with Crippen LogP contribution in [0.2, 0.25) is 5.02 Å². The van der Waals surface area contributed by atoms with Crippen LogP contribution in [0.4, 0.5) is 11.8 Å². The molecule has 0 saturated heterocycles. The Morgan fingerprint density at radius 1 is 1.44 bits per heavy atom. The van der Waals surface area contributed by atoms with Crippen LogP contribution in [0.3, 0.4) is 0 Å². The molecular weight excluding hydrogens is 224 g/mol. The molecule has 0 bridgehead atoms. The number of anilines is 2. The molecule has 0 aromatic carbocycles. The van der Waals surface area contributed by atoms with E-state index in [1.54, 1.807) is 13.2 Å². The maximum Gasteiger partial charge on any atom is 0.224 e. The van der Waals surface area contributed by atoms with Gasteiger partial charge in [-0.1, -0.05) is 31.9 Å². The van der Waals surface area contributed by atoms with Gasteiger partial charge in [0, 0.05) is 13.1 Å². The molecular formula is C11H19ClN4. The first-order chi connectivity index (χ1) is 7.58. The van der Waals surface area contributed by atoms with Crippen LogP contribution >= 0.6 is 11.6 Å². The molecule has 0 amide bonds. The maximum atomic E-state index is 6.03. The summed E-state index contributed by atoms with van der Waals surface area (Å²) in [6.07, 6.45) is 2.72. The van der Waals surface area contributed by atoms with Crippen LogP contribution in [-0.4, -0.2) is 23.1 Å². The first kappa shape index (κ1) is 13.0. The highest BCUT2D eigenvalue weighted by molar-refractivity contribution is 6.32. The Morgan fingerprint density at radius 2 is 2.12 bits per heavy atom. The van der Waals surface area contributed by atoms with E-state index in [0.29, 0.717) is 28.7 Å². The SMILES string of the molecule is CCC(C)C(C)Nc1nc(NC)ncc1Cl. The summed E-state index contributed by atoms with van der Waals surface area (Å²) in [6.45, 7) is 6.50. The molecule has 0 saturated carbocycles. The third kappa shape index (κ3) is 3.23. The molecule has 2 N–H and O–H groups in total. The lowest BCUT2D eigenvalue weighted by Gasteiger charge is -2.21. The second-order valence-corrected chi connectivity index (χ2v) is 4.37. The molecule has 2 atom stereocenters. The van der Waals surface area contributed by atoms with E-state index in [1.165, 1.54) is 0 Å². The molecule has 0 aliphatic carbocycles. The molecule has 1 aromatic heterocycles. The maximum absolute atomic E-state index is 6.03. The van der Waals surface area contributed by atoms with Crippen molar-refractivity contribution in [3.05, 3.63) is 11.2 Å². The summed E-state index contributed by atoms with van der Waals surface area (Å²) in [6, 6.07) is 0.335. The zero-order chi connectivity index (χ0) is 12.1. The summed E-state index contributed by atoms with van der Waals surface area (Å²) in [5.41, 5.74) is 0. The molecule has 5 heteroatoms. The molecule has 0 spiro atoms. The summed E-state index contributed by atoms with van der Waals surface area (Å²) < 4.78 is 0. The monoisotopic (exact) mass is 242 g/mol. The number of hydrogen-bond acceptors (Lipinski definition) is 4. The predicted molar refractivity (Wildman–Crippen MR) is 69.1 cm³/mol. The molecule has 90 valence electrons. The Kier molecular flexibility index (Phi) is 4.80. The first-order valence-electron chi connectivity index (χ1n) is 5.55. The molecule has 1 aromatic rings. The van der Waals surface area contributed by atoms with Crippen LogP contribution in [0.5, 0.6) is 0 Å². The van der Waals surface area contributed by atoms with Crippen molar-refractivity contribution in [3.63, 3.8) is 0 Å². The Balaban J connectivity index is 2.79. The van der Waals surface area contributed by atoms with Gasteiger partial charge in [-0.3, -0.25) is 0 Å². The average Bonchev–Trinajstić information content (AvgIpc) is 2.30. The van der Waals surface area contributed by atoms with Gasteiger partial charge < -0.3 is 10.6 Å². The normalized spacial score (nSPS) is 14.3. The van der Waals surface area contributed by atoms with Crippen molar-refractivity contribution in [2.45, 2.75) is 33.2 Å². The van der Waals surface area contributed by atoms with Crippen molar-refractivity contribution in [2.24, 2.45) is 5.92 Å². The van der Waals surface area contributed by atoms with Crippen molar-refractivity contribution < 1.29 is 0 Å². The molecule has 16 heavy (non-hydrogen) atoms. The number of rotatable bonds is 5. The molecule has 0 radical (unpaired) electrons. The third-order valence-electron chi connectivity index (χ3n) is 2.83. The van der Waals surface area contributed by atoms with E-state index in [4.69, 9.17) is 11.6 Å². The highest BCUT2D eigenvalue weighted by atomic mass is 35.5. The van der Waals surface area contributed by atoms with Crippen LogP contribution in [0.15, 0.2) is 6.20 Å². The van der Waals surface area contributed by atoms with Crippen molar-refractivity contribution in [1.29, 1.82) is 0 Å². The highest BCUT2D eigenvalue weighted by Crippen LogP contribution is 2.22. The van der Waals surface area contributed by atoms with Gasteiger partial charge in [-0.25, -0.2) is 4.98 Å². The Morgan fingerprint density at radius 3 is 2.69 bits per heavy atom. The van der Waals surface area contributed by atoms with Gasteiger partial charge in [0.05, 0.1) is 6.20 Å². The van der Waals surface area contributed by atoms with Crippen molar-refractivity contribution in [2.75, 3.05) is 17.7 Å². The van der Waals surface area contributed by atoms with Gasteiger partial charge in [0.2, 0.25) is 5.95 Å². The standard InChI is InChI=1S/C11H19ClN4/c1-5-7(2)8(3)15-10-9(12)6-14-11(13-4)16-10/h6-8H,5H2,1-4H3,(H2,13,14,15,16). The van der Waals surface area contributed by atoms with E-state index in [-0.39, 0.29) is 0 Å². The number of nitrogens with zero attached hydrogens (tertiary/aromatic N) is 2. The van der Waals surface area contributed by atoms with Crippen LogP contribution in [-0.2, 0) is 0 Å². The van der Waals surface area contributed by atoms with E-state index in [2.05, 4.69) is 41.4 Å². The lowest BCUT2D eigenvalue weighted by atomic mass is 10.0. The number of halogens is 1. The molecule has 2 unspecified atom stereocenters. The summed E-state index contributed by atoms with van der Waals surface area (Å²) >= 11 is 6.03. The number of aromatic nitrogens is 2. The molecule has 1 heterocycles. The second-order valence-electron chi connectivity index (χ2n) is 3.96. The fourth-order valence-electron chi connectivity index (χ4n) is 1.30. The number of hydrogen-bond donors (Lipinski definition) is 2. The minimum absolute atomic E-state index is 0.335.